The standard InChI is InChI=1S/C55H38N2/c1-55(2)49-26-14-25-47(53(49)48-32-38-19-8-9-20-39(38)33-50(48)55)52-34-51(56-54(57-52)36-16-4-3-5-17-36)46-30-29-45(43-23-12-13-24-44(43)46)42-22-11-10-21-41(42)40-28-27-35-15-6-7-18-37(35)31-40/h3-34H,1-2H3. The highest BCUT2D eigenvalue weighted by Gasteiger charge is 2.37. The zero-order valence-electron chi connectivity index (χ0n) is 31.9. The summed E-state index contributed by atoms with van der Waals surface area (Å²) in [5.41, 5.74) is 14.9. The van der Waals surface area contributed by atoms with E-state index in [-0.39, 0.29) is 5.41 Å². The predicted molar refractivity (Wildman–Crippen MR) is 239 cm³/mol. The van der Waals surface area contributed by atoms with Crippen LogP contribution in [0, 0.1) is 0 Å². The summed E-state index contributed by atoms with van der Waals surface area (Å²) < 4.78 is 0. The Hall–Kier alpha value is -7.16. The van der Waals surface area contributed by atoms with Crippen LogP contribution in [0.25, 0.3) is 99.6 Å². The van der Waals surface area contributed by atoms with Crippen molar-refractivity contribution in [1.29, 1.82) is 0 Å². The first-order valence-electron chi connectivity index (χ1n) is 19.7. The van der Waals surface area contributed by atoms with Gasteiger partial charge in [0.1, 0.15) is 0 Å². The van der Waals surface area contributed by atoms with Gasteiger partial charge in [0.15, 0.2) is 5.82 Å². The van der Waals surface area contributed by atoms with Crippen LogP contribution in [0.2, 0.25) is 0 Å². The van der Waals surface area contributed by atoms with Crippen molar-refractivity contribution in [2.45, 2.75) is 19.3 Å². The lowest BCUT2D eigenvalue weighted by Crippen LogP contribution is -2.14. The molecule has 1 aliphatic carbocycles. The molecule has 1 aromatic heterocycles. The second-order valence-electron chi connectivity index (χ2n) is 15.7. The lowest BCUT2D eigenvalue weighted by molar-refractivity contribution is 0.661. The second kappa shape index (κ2) is 13.0. The van der Waals surface area contributed by atoms with Gasteiger partial charge >= 0.3 is 0 Å². The van der Waals surface area contributed by atoms with Crippen LogP contribution in [0.4, 0.5) is 0 Å². The van der Waals surface area contributed by atoms with E-state index in [0.717, 1.165) is 33.5 Å². The van der Waals surface area contributed by atoms with Crippen molar-refractivity contribution in [3.8, 4) is 67.3 Å². The lowest BCUT2D eigenvalue weighted by atomic mass is 9.81. The highest BCUT2D eigenvalue weighted by molar-refractivity contribution is 6.07. The first-order chi connectivity index (χ1) is 28.0. The maximum Gasteiger partial charge on any atom is 0.160 e. The van der Waals surface area contributed by atoms with Gasteiger partial charge in [-0.05, 0) is 101 Å². The fourth-order valence-corrected chi connectivity index (χ4v) is 9.21. The smallest absolute Gasteiger partial charge is 0.160 e. The number of rotatable bonds is 5. The molecular weight excluding hydrogens is 689 g/mol. The minimum absolute atomic E-state index is 0.155. The van der Waals surface area contributed by atoms with Crippen LogP contribution < -0.4 is 0 Å². The van der Waals surface area contributed by atoms with E-state index in [0.29, 0.717) is 5.82 Å². The van der Waals surface area contributed by atoms with Crippen molar-refractivity contribution in [3.05, 3.63) is 205 Å². The van der Waals surface area contributed by atoms with E-state index in [2.05, 4.69) is 202 Å². The van der Waals surface area contributed by atoms with Crippen LogP contribution in [-0.2, 0) is 5.41 Å². The van der Waals surface area contributed by atoms with Gasteiger partial charge in [-0.25, -0.2) is 9.97 Å². The number of hydrogen-bond donors (Lipinski definition) is 0. The minimum Gasteiger partial charge on any atom is -0.228 e. The topological polar surface area (TPSA) is 25.8 Å². The fraction of sp³-hybridized carbons (Fsp3) is 0.0545. The molecule has 1 aliphatic rings. The van der Waals surface area contributed by atoms with Gasteiger partial charge in [-0.15, -0.1) is 0 Å². The Morgan fingerprint density at radius 1 is 0.333 bits per heavy atom. The molecule has 0 unspecified atom stereocenters. The third-order valence-electron chi connectivity index (χ3n) is 12.1. The van der Waals surface area contributed by atoms with Gasteiger partial charge in [0.2, 0.25) is 0 Å². The van der Waals surface area contributed by atoms with Crippen LogP contribution in [0.5, 0.6) is 0 Å². The molecule has 0 bridgehead atoms. The molecule has 0 fully saturated rings. The maximum absolute atomic E-state index is 5.36. The lowest BCUT2D eigenvalue weighted by Gasteiger charge is -2.22. The average Bonchev–Trinajstić information content (AvgIpc) is 3.50. The molecule has 11 rings (SSSR count). The Labute approximate surface area is 332 Å². The Kier molecular flexibility index (Phi) is 7.55. The fourth-order valence-electron chi connectivity index (χ4n) is 9.21. The molecule has 0 saturated carbocycles. The van der Waals surface area contributed by atoms with E-state index >= 15 is 0 Å². The number of fused-ring (bicyclic) bond motifs is 6. The van der Waals surface area contributed by atoms with Crippen LogP contribution >= 0.6 is 0 Å². The zero-order chi connectivity index (χ0) is 38.1. The molecule has 0 N–H and O–H groups in total. The third kappa shape index (κ3) is 5.40. The first-order valence-corrected chi connectivity index (χ1v) is 19.7. The number of nitrogens with zero attached hydrogens (tertiary/aromatic N) is 2. The Bertz CT molecular complexity index is 3210. The molecule has 2 nitrogen and oxygen atoms in total. The van der Waals surface area contributed by atoms with E-state index in [1.165, 1.54) is 71.4 Å². The summed E-state index contributed by atoms with van der Waals surface area (Å²) in [5.74, 6) is 0.714. The van der Waals surface area contributed by atoms with Crippen LogP contribution in [0.1, 0.15) is 25.0 Å². The van der Waals surface area contributed by atoms with Crippen molar-refractivity contribution in [2.75, 3.05) is 0 Å². The highest BCUT2D eigenvalue weighted by Crippen LogP contribution is 2.53. The van der Waals surface area contributed by atoms with Gasteiger partial charge in [0, 0.05) is 22.1 Å². The molecule has 0 atom stereocenters. The average molecular weight is 727 g/mol. The van der Waals surface area contributed by atoms with Crippen LogP contribution in [-0.4, -0.2) is 9.97 Å². The molecule has 0 amide bonds. The van der Waals surface area contributed by atoms with Gasteiger partial charge in [0.05, 0.1) is 11.4 Å². The van der Waals surface area contributed by atoms with E-state index in [9.17, 15) is 0 Å². The molecule has 2 heteroatoms. The number of aromatic nitrogens is 2. The zero-order valence-corrected chi connectivity index (χ0v) is 31.9. The van der Waals surface area contributed by atoms with Gasteiger partial charge in [-0.2, -0.15) is 0 Å². The largest absolute Gasteiger partial charge is 0.228 e. The van der Waals surface area contributed by atoms with Crippen molar-refractivity contribution >= 4 is 32.3 Å². The normalized spacial score (nSPS) is 12.9. The van der Waals surface area contributed by atoms with E-state index in [4.69, 9.17) is 9.97 Å². The number of hydrogen-bond acceptors (Lipinski definition) is 2. The van der Waals surface area contributed by atoms with Gasteiger partial charge < -0.3 is 0 Å². The Morgan fingerprint density at radius 2 is 0.912 bits per heavy atom. The van der Waals surface area contributed by atoms with Gasteiger partial charge in [0.25, 0.3) is 0 Å². The molecule has 0 radical (unpaired) electrons. The number of benzene rings is 9. The Morgan fingerprint density at radius 3 is 1.68 bits per heavy atom. The van der Waals surface area contributed by atoms with Crippen molar-refractivity contribution in [1.82, 2.24) is 9.97 Å². The molecule has 0 spiro atoms. The monoisotopic (exact) mass is 726 g/mol. The second-order valence-corrected chi connectivity index (χ2v) is 15.7. The molecule has 9 aromatic carbocycles. The summed E-state index contributed by atoms with van der Waals surface area (Å²) in [7, 11) is 0. The maximum atomic E-state index is 5.36. The van der Waals surface area contributed by atoms with Gasteiger partial charge in [-0.3, -0.25) is 0 Å². The molecule has 268 valence electrons. The molecule has 1 heterocycles. The summed E-state index contributed by atoms with van der Waals surface area (Å²) in [5, 5.41) is 7.34. The predicted octanol–water partition coefficient (Wildman–Crippen LogP) is 14.6. The molecule has 57 heavy (non-hydrogen) atoms. The van der Waals surface area contributed by atoms with Crippen molar-refractivity contribution < 1.29 is 0 Å². The van der Waals surface area contributed by atoms with Crippen LogP contribution in [0.15, 0.2) is 194 Å². The molecule has 0 saturated heterocycles. The van der Waals surface area contributed by atoms with E-state index < -0.39 is 0 Å². The SMILES string of the molecule is CC1(C)c2cc3ccccc3cc2-c2c(-c3cc(-c4ccc(-c5ccccc5-c5ccc6ccccc6c5)c5ccccc45)nc(-c4ccccc4)n3)cccc21. The van der Waals surface area contributed by atoms with Crippen molar-refractivity contribution in [3.63, 3.8) is 0 Å². The Balaban J connectivity index is 1.12. The molecular formula is C55H38N2. The summed E-state index contributed by atoms with van der Waals surface area (Å²) in [6.07, 6.45) is 0. The molecule has 0 aliphatic heterocycles. The molecule has 10 aromatic rings. The summed E-state index contributed by atoms with van der Waals surface area (Å²) in [6, 6.07) is 70.2. The van der Waals surface area contributed by atoms with Crippen molar-refractivity contribution in [2.24, 2.45) is 0 Å². The summed E-state index contributed by atoms with van der Waals surface area (Å²) >= 11 is 0. The van der Waals surface area contributed by atoms with Crippen LogP contribution in [0.3, 0.4) is 0 Å². The first kappa shape index (κ1) is 33.2. The minimum atomic E-state index is -0.155. The van der Waals surface area contributed by atoms with E-state index in [1.807, 2.05) is 6.07 Å². The van der Waals surface area contributed by atoms with Gasteiger partial charge in [-0.1, -0.05) is 184 Å². The summed E-state index contributed by atoms with van der Waals surface area (Å²) in [6.45, 7) is 4.70. The summed E-state index contributed by atoms with van der Waals surface area (Å²) in [4.78, 5) is 10.7. The quantitative estimate of drug-likeness (QED) is 0.176. The van der Waals surface area contributed by atoms with E-state index in [1.54, 1.807) is 0 Å². The third-order valence-corrected chi connectivity index (χ3v) is 12.1. The highest BCUT2D eigenvalue weighted by atomic mass is 14.9.